The van der Waals surface area contributed by atoms with E-state index in [2.05, 4.69) is 116 Å². The van der Waals surface area contributed by atoms with Gasteiger partial charge in [-0.15, -0.1) is 0 Å². The predicted octanol–water partition coefficient (Wildman–Crippen LogP) is 12.6. The second kappa shape index (κ2) is 60.7. The highest BCUT2D eigenvalue weighted by atomic mass is 16.8. The summed E-state index contributed by atoms with van der Waals surface area (Å²) in [7, 11) is 0. The number of hydrogen-bond acceptors (Lipinski definition) is 18. The van der Waals surface area contributed by atoms with Gasteiger partial charge in [-0.05, 0) is 96.3 Å². The number of allylic oxidation sites excluding steroid dienone is 17. The summed E-state index contributed by atoms with van der Waals surface area (Å²) in [5, 5.41) is 121. The molecular formula is C81H139NO18. The van der Waals surface area contributed by atoms with Crippen LogP contribution in [0.25, 0.3) is 0 Å². The van der Waals surface area contributed by atoms with Gasteiger partial charge in [0, 0.05) is 6.42 Å². The monoisotopic (exact) mass is 1410 g/mol. The average Bonchev–Trinajstić information content (AvgIpc) is 0.783. The third-order valence-corrected chi connectivity index (χ3v) is 18.8. The summed E-state index contributed by atoms with van der Waals surface area (Å²) in [5.74, 6) is -0.307. The first kappa shape index (κ1) is 90.7. The third-order valence-electron chi connectivity index (χ3n) is 18.8. The molecule has 3 saturated heterocycles. The molecule has 3 heterocycles. The van der Waals surface area contributed by atoms with Crippen molar-refractivity contribution < 1.29 is 89.4 Å². The number of rotatable bonds is 60. The molecule has 0 aromatic carbocycles. The molecule has 0 spiro atoms. The molecule has 100 heavy (non-hydrogen) atoms. The SMILES string of the molecule is CC/C=C\C/C=C\C/C=C\C/C=C\C/C=C\C/C=C\CCCCCCCCC(=O)NC(COC1OC(CO)C(OC2OC(CO)C(OC3OC(CO)C(O)C(O)C3O)C(O)C2O)C(O)C1O)C(O)/C=C/CC/C=C/CC/C=C/CCCCCCCCCCCCCCCCCCCCCC. The maximum Gasteiger partial charge on any atom is 0.220 e. The predicted molar refractivity (Wildman–Crippen MR) is 397 cm³/mol. The van der Waals surface area contributed by atoms with Gasteiger partial charge >= 0.3 is 0 Å². The molecule has 17 unspecified atom stereocenters. The molecule has 19 nitrogen and oxygen atoms in total. The van der Waals surface area contributed by atoms with Crippen molar-refractivity contribution in [2.45, 2.75) is 369 Å². The summed E-state index contributed by atoms with van der Waals surface area (Å²) < 4.78 is 34.4. The Kier molecular flexibility index (Phi) is 55.0. The number of amides is 1. The lowest BCUT2D eigenvalue weighted by Gasteiger charge is -2.48. The minimum absolute atomic E-state index is 0.208. The van der Waals surface area contributed by atoms with E-state index in [-0.39, 0.29) is 18.9 Å². The maximum absolute atomic E-state index is 13.5. The van der Waals surface area contributed by atoms with E-state index >= 15 is 0 Å². The third kappa shape index (κ3) is 40.6. The van der Waals surface area contributed by atoms with Crippen molar-refractivity contribution in [2.24, 2.45) is 0 Å². The Morgan fingerprint density at radius 2 is 0.700 bits per heavy atom. The van der Waals surface area contributed by atoms with E-state index in [1.54, 1.807) is 6.08 Å². The fourth-order valence-electron chi connectivity index (χ4n) is 12.5. The summed E-state index contributed by atoms with van der Waals surface area (Å²) in [6, 6.07) is -1.01. The second-order valence-corrected chi connectivity index (χ2v) is 27.4. The molecule has 3 fully saturated rings. The van der Waals surface area contributed by atoms with Crippen LogP contribution in [0, 0.1) is 0 Å². The molecular weight excluding hydrogens is 1270 g/mol. The van der Waals surface area contributed by atoms with E-state index in [1.807, 2.05) is 6.08 Å². The highest BCUT2D eigenvalue weighted by Crippen LogP contribution is 2.33. The van der Waals surface area contributed by atoms with E-state index in [0.29, 0.717) is 12.8 Å². The largest absolute Gasteiger partial charge is 0.394 e. The molecule has 0 aliphatic carbocycles. The highest BCUT2D eigenvalue weighted by Gasteiger charge is 2.53. The number of carbonyl (C=O) groups excluding carboxylic acids is 1. The number of hydrogen-bond donors (Lipinski definition) is 12. The van der Waals surface area contributed by atoms with Gasteiger partial charge in [0.25, 0.3) is 0 Å². The van der Waals surface area contributed by atoms with Crippen molar-refractivity contribution in [3.63, 3.8) is 0 Å². The number of aliphatic hydroxyl groups excluding tert-OH is 11. The number of nitrogens with one attached hydrogen (secondary N) is 1. The average molecular weight is 1410 g/mol. The molecule has 3 aliphatic rings. The number of carbonyl (C=O) groups is 1. The summed E-state index contributed by atoms with van der Waals surface area (Å²) >= 11 is 0. The summed E-state index contributed by atoms with van der Waals surface area (Å²) in [5.41, 5.74) is 0. The van der Waals surface area contributed by atoms with Gasteiger partial charge in [-0.25, -0.2) is 0 Å². The van der Waals surface area contributed by atoms with Crippen LogP contribution in [0.4, 0.5) is 0 Å². The normalized spacial score (nSPS) is 27.1. The molecule has 17 atom stereocenters. The van der Waals surface area contributed by atoms with Crippen LogP contribution in [0.5, 0.6) is 0 Å². The molecule has 1 amide bonds. The molecule has 0 saturated carbocycles. The molecule has 576 valence electrons. The fraction of sp³-hybridized carbons (Fsp3) is 0.765. The molecule has 3 rings (SSSR count). The van der Waals surface area contributed by atoms with Crippen molar-refractivity contribution in [2.75, 3.05) is 26.4 Å². The van der Waals surface area contributed by atoms with Crippen LogP contribution >= 0.6 is 0 Å². The lowest BCUT2D eigenvalue weighted by molar-refractivity contribution is -0.379. The van der Waals surface area contributed by atoms with Gasteiger partial charge in [-0.3, -0.25) is 4.79 Å². The van der Waals surface area contributed by atoms with Crippen molar-refractivity contribution in [3.8, 4) is 0 Å². The minimum atomic E-state index is -1.99. The smallest absolute Gasteiger partial charge is 0.220 e. The molecule has 0 aromatic heterocycles. The Hall–Kier alpha value is -3.55. The van der Waals surface area contributed by atoms with Gasteiger partial charge in [-0.2, -0.15) is 0 Å². The zero-order valence-electron chi connectivity index (χ0n) is 61.4. The first-order valence-electron chi connectivity index (χ1n) is 39.1. The van der Waals surface area contributed by atoms with Gasteiger partial charge in [-0.1, -0.05) is 271 Å². The molecule has 0 radical (unpaired) electrons. The van der Waals surface area contributed by atoms with Crippen LogP contribution in [0.15, 0.2) is 109 Å². The standard InChI is InChI=1S/C81H139NO18/c1-3-5-7-9-11-13-15-17-19-21-23-25-27-29-30-31-32-33-35-36-38-40-42-44-46-48-50-52-54-56-58-65(86)64(82-69(87)59-57-55-53-51-49-47-45-43-41-39-37-34-28-26-24-22-20-18-16-14-12-10-8-6-4-2)63-95-79-75(93)72(90)77(67(61-84)97-79)100-81-76(94)73(91)78(68(62-85)98-81)99-80-74(92)71(89)70(88)66(60-83)96-80/h6,8,12,14,18,20,24,26,34,37,40-43,48,50,56,58,64-68,70-81,83-86,88-94H,3-5,7,9-11,13,15-17,19,21-23,25,27-33,35-36,38-39,44-47,49,51-55,57,59-63H2,1-2H3,(H,82,87)/b8-6-,14-12-,20-18-,26-24-,37-34-,42-40+,43-41-,50-48+,58-56+. The summed E-state index contributed by atoms with van der Waals surface area (Å²) in [6.45, 7) is 1.59. The lowest BCUT2D eigenvalue weighted by atomic mass is 9.96. The second-order valence-electron chi connectivity index (χ2n) is 27.4. The maximum atomic E-state index is 13.5. The van der Waals surface area contributed by atoms with Gasteiger partial charge in [0.1, 0.15) is 73.2 Å². The van der Waals surface area contributed by atoms with Crippen LogP contribution < -0.4 is 5.32 Å². The van der Waals surface area contributed by atoms with E-state index in [1.165, 1.54) is 128 Å². The first-order chi connectivity index (χ1) is 48.8. The van der Waals surface area contributed by atoms with Crippen LogP contribution in [0.1, 0.15) is 264 Å². The number of aliphatic hydroxyl groups is 11. The van der Waals surface area contributed by atoms with E-state index in [4.69, 9.17) is 28.4 Å². The zero-order chi connectivity index (χ0) is 72.5. The zero-order valence-corrected chi connectivity index (χ0v) is 61.4. The van der Waals surface area contributed by atoms with E-state index < -0.39 is 124 Å². The Balaban J connectivity index is 1.42. The highest BCUT2D eigenvalue weighted by molar-refractivity contribution is 5.76. The van der Waals surface area contributed by atoms with Gasteiger partial charge in [0.15, 0.2) is 18.9 Å². The van der Waals surface area contributed by atoms with Gasteiger partial charge in [0.2, 0.25) is 5.91 Å². The summed E-state index contributed by atoms with van der Waals surface area (Å²) in [6.07, 6.45) is 56.4. The van der Waals surface area contributed by atoms with Crippen LogP contribution in [0.3, 0.4) is 0 Å². The Labute approximate surface area is 602 Å². The Morgan fingerprint density at radius 3 is 1.12 bits per heavy atom. The number of unbranched alkanes of at least 4 members (excludes halogenated alkanes) is 28. The van der Waals surface area contributed by atoms with Crippen LogP contribution in [-0.4, -0.2) is 193 Å². The van der Waals surface area contributed by atoms with E-state index in [0.717, 1.165) is 103 Å². The van der Waals surface area contributed by atoms with Gasteiger partial charge < -0.3 is 89.9 Å². The number of ether oxygens (including phenoxy) is 6. The summed E-state index contributed by atoms with van der Waals surface area (Å²) in [4.78, 5) is 13.5. The minimum Gasteiger partial charge on any atom is -0.394 e. The molecule has 3 aliphatic heterocycles. The molecule has 19 heteroatoms. The fourth-order valence-corrected chi connectivity index (χ4v) is 12.5. The lowest BCUT2D eigenvalue weighted by Crippen LogP contribution is -2.66. The topological polar surface area (TPSA) is 307 Å². The van der Waals surface area contributed by atoms with Crippen LogP contribution in [-0.2, 0) is 33.2 Å². The first-order valence-corrected chi connectivity index (χ1v) is 39.1. The van der Waals surface area contributed by atoms with Crippen molar-refractivity contribution >= 4 is 5.91 Å². The van der Waals surface area contributed by atoms with Crippen molar-refractivity contribution in [1.82, 2.24) is 5.32 Å². The molecule has 0 bridgehead atoms. The molecule has 0 aromatic rings. The van der Waals surface area contributed by atoms with Crippen molar-refractivity contribution in [3.05, 3.63) is 109 Å². The van der Waals surface area contributed by atoms with Crippen LogP contribution in [0.2, 0.25) is 0 Å². The van der Waals surface area contributed by atoms with Crippen molar-refractivity contribution in [1.29, 1.82) is 0 Å². The Bertz CT molecular complexity index is 2230. The molecule has 12 N–H and O–H groups in total. The van der Waals surface area contributed by atoms with E-state index in [9.17, 15) is 61.0 Å². The Morgan fingerprint density at radius 1 is 0.370 bits per heavy atom. The van der Waals surface area contributed by atoms with Gasteiger partial charge in [0.05, 0.1) is 38.6 Å². The quantitative estimate of drug-likeness (QED) is 0.0199.